The Balaban J connectivity index is 2.95. The van der Waals surface area contributed by atoms with Gasteiger partial charge in [0.15, 0.2) is 0 Å². The summed E-state index contributed by atoms with van der Waals surface area (Å²) in [6, 6.07) is 3.50. The molecule has 1 N–H and O–H groups in total. The molecule has 1 aromatic heterocycles. The normalized spacial score (nSPS) is 10.4. The van der Waals surface area contributed by atoms with Gasteiger partial charge in [-0.3, -0.25) is 4.98 Å². The summed E-state index contributed by atoms with van der Waals surface area (Å²) in [6.45, 7) is 4.37. The van der Waals surface area contributed by atoms with Gasteiger partial charge in [-0.15, -0.1) is 0 Å². The third-order valence-electron chi connectivity index (χ3n) is 2.70. The second kappa shape index (κ2) is 4.91. The molecule has 0 bridgehead atoms. The fourth-order valence-corrected chi connectivity index (χ4v) is 2.41. The van der Waals surface area contributed by atoms with Gasteiger partial charge in [-0.25, -0.2) is 4.39 Å². The van der Waals surface area contributed by atoms with E-state index in [0.29, 0.717) is 33.2 Å². The van der Waals surface area contributed by atoms with Gasteiger partial charge in [0.25, 0.3) is 0 Å². The van der Waals surface area contributed by atoms with E-state index in [2.05, 4.69) is 32.3 Å². The van der Waals surface area contributed by atoms with E-state index in [-0.39, 0.29) is 5.82 Å². The number of aromatic nitrogens is 1. The first kappa shape index (κ1) is 12.8. The van der Waals surface area contributed by atoms with Crippen LogP contribution in [0.15, 0.2) is 16.7 Å². The Morgan fingerprint density at radius 3 is 2.89 bits per heavy atom. The van der Waals surface area contributed by atoms with Crippen molar-refractivity contribution in [2.75, 3.05) is 11.9 Å². The molecular weight excluding hydrogens is 297 g/mol. The van der Waals surface area contributed by atoms with Crippen LogP contribution in [0.3, 0.4) is 0 Å². The van der Waals surface area contributed by atoms with Gasteiger partial charge in [-0.05, 0) is 41.4 Å². The SMILES string of the molecule is CCNc1c(C#N)cnc2c(C)cc(F)c(Br)c12. The van der Waals surface area contributed by atoms with E-state index in [0.717, 1.165) is 5.56 Å². The largest absolute Gasteiger partial charge is 0.384 e. The van der Waals surface area contributed by atoms with Crippen molar-refractivity contribution in [1.29, 1.82) is 5.26 Å². The number of nitrogens with zero attached hydrogens (tertiary/aromatic N) is 2. The molecular formula is C13H11BrFN3. The maximum absolute atomic E-state index is 13.8. The van der Waals surface area contributed by atoms with Crippen LogP contribution in [-0.2, 0) is 0 Å². The van der Waals surface area contributed by atoms with Crippen molar-refractivity contribution in [2.24, 2.45) is 0 Å². The van der Waals surface area contributed by atoms with E-state index in [1.54, 1.807) is 6.92 Å². The summed E-state index contributed by atoms with van der Waals surface area (Å²) in [5.74, 6) is -0.351. The Hall–Kier alpha value is -1.67. The maximum atomic E-state index is 13.8. The second-order valence-electron chi connectivity index (χ2n) is 3.90. The predicted octanol–water partition coefficient (Wildman–Crippen LogP) is 3.75. The molecule has 0 aliphatic carbocycles. The molecule has 92 valence electrons. The van der Waals surface area contributed by atoms with Crippen LogP contribution in [0.1, 0.15) is 18.1 Å². The number of nitrogens with one attached hydrogen (secondary N) is 1. The molecule has 1 aromatic carbocycles. The average Bonchev–Trinajstić information content (AvgIpc) is 2.36. The molecule has 2 rings (SSSR count). The lowest BCUT2D eigenvalue weighted by Gasteiger charge is -2.13. The van der Waals surface area contributed by atoms with Gasteiger partial charge in [0.1, 0.15) is 11.9 Å². The van der Waals surface area contributed by atoms with E-state index in [1.165, 1.54) is 12.3 Å². The fraction of sp³-hybridized carbons (Fsp3) is 0.231. The van der Waals surface area contributed by atoms with Gasteiger partial charge in [0.05, 0.1) is 21.2 Å². The zero-order chi connectivity index (χ0) is 13.3. The van der Waals surface area contributed by atoms with Crippen molar-refractivity contribution in [2.45, 2.75) is 13.8 Å². The highest BCUT2D eigenvalue weighted by atomic mass is 79.9. The number of anilines is 1. The van der Waals surface area contributed by atoms with Crippen molar-refractivity contribution in [3.8, 4) is 6.07 Å². The molecule has 0 atom stereocenters. The lowest BCUT2D eigenvalue weighted by molar-refractivity contribution is 0.622. The summed E-state index contributed by atoms with van der Waals surface area (Å²) >= 11 is 3.23. The lowest BCUT2D eigenvalue weighted by atomic mass is 10.1. The van der Waals surface area contributed by atoms with E-state index in [9.17, 15) is 4.39 Å². The first-order valence-corrected chi connectivity index (χ1v) is 6.30. The number of halogens is 2. The van der Waals surface area contributed by atoms with Crippen LogP contribution >= 0.6 is 15.9 Å². The highest BCUT2D eigenvalue weighted by molar-refractivity contribution is 9.10. The number of hydrogen-bond donors (Lipinski definition) is 1. The summed E-state index contributed by atoms with van der Waals surface area (Å²) in [5.41, 5.74) is 2.47. The molecule has 0 saturated heterocycles. The van der Waals surface area contributed by atoms with Gasteiger partial charge in [-0.2, -0.15) is 5.26 Å². The number of nitriles is 1. The molecule has 3 nitrogen and oxygen atoms in total. The zero-order valence-electron chi connectivity index (χ0n) is 10.0. The zero-order valence-corrected chi connectivity index (χ0v) is 11.6. The van der Waals surface area contributed by atoms with Crippen LogP contribution in [0.2, 0.25) is 0 Å². The first-order valence-electron chi connectivity index (χ1n) is 5.51. The van der Waals surface area contributed by atoms with Crippen LogP contribution in [0.25, 0.3) is 10.9 Å². The standard InChI is InChI=1S/C13H11BrFN3/c1-3-17-13-8(5-16)6-18-12-7(2)4-9(15)11(14)10(12)13/h4,6H,3H2,1-2H3,(H,17,18). The number of pyridine rings is 1. The summed E-state index contributed by atoms with van der Waals surface area (Å²) in [6.07, 6.45) is 1.51. The lowest BCUT2D eigenvalue weighted by Crippen LogP contribution is -2.03. The van der Waals surface area contributed by atoms with Crippen LogP contribution in [-0.4, -0.2) is 11.5 Å². The number of rotatable bonds is 2. The van der Waals surface area contributed by atoms with E-state index >= 15 is 0 Å². The van der Waals surface area contributed by atoms with Gasteiger partial charge in [-0.1, -0.05) is 0 Å². The summed E-state index contributed by atoms with van der Waals surface area (Å²) in [5, 5.41) is 12.8. The van der Waals surface area contributed by atoms with Crippen molar-refractivity contribution < 1.29 is 4.39 Å². The predicted molar refractivity (Wildman–Crippen MR) is 73.0 cm³/mol. The summed E-state index contributed by atoms with van der Waals surface area (Å²) in [7, 11) is 0. The molecule has 0 aliphatic heterocycles. The smallest absolute Gasteiger partial charge is 0.138 e. The molecule has 0 unspecified atom stereocenters. The summed E-state index contributed by atoms with van der Waals surface area (Å²) < 4.78 is 14.1. The second-order valence-corrected chi connectivity index (χ2v) is 4.69. The molecule has 1 heterocycles. The number of fused-ring (bicyclic) bond motifs is 1. The first-order chi connectivity index (χ1) is 8.60. The quantitative estimate of drug-likeness (QED) is 0.919. The van der Waals surface area contributed by atoms with Crippen molar-refractivity contribution in [3.63, 3.8) is 0 Å². The van der Waals surface area contributed by atoms with E-state index in [1.807, 2.05) is 6.92 Å². The average molecular weight is 308 g/mol. The third-order valence-corrected chi connectivity index (χ3v) is 3.47. The molecule has 0 spiro atoms. The topological polar surface area (TPSA) is 48.7 Å². The Morgan fingerprint density at radius 2 is 2.28 bits per heavy atom. The molecule has 18 heavy (non-hydrogen) atoms. The van der Waals surface area contributed by atoms with Gasteiger partial charge < -0.3 is 5.32 Å². The minimum atomic E-state index is -0.351. The maximum Gasteiger partial charge on any atom is 0.138 e. The van der Waals surface area contributed by atoms with Crippen LogP contribution in [0, 0.1) is 24.1 Å². The minimum Gasteiger partial charge on any atom is -0.384 e. The highest BCUT2D eigenvalue weighted by Crippen LogP contribution is 2.35. The number of benzene rings is 1. The van der Waals surface area contributed by atoms with Crippen molar-refractivity contribution in [1.82, 2.24) is 4.98 Å². The molecule has 0 amide bonds. The summed E-state index contributed by atoms with van der Waals surface area (Å²) in [4.78, 5) is 4.24. The van der Waals surface area contributed by atoms with Gasteiger partial charge in [0, 0.05) is 18.1 Å². The number of aryl methyl sites for hydroxylation is 1. The highest BCUT2D eigenvalue weighted by Gasteiger charge is 2.15. The van der Waals surface area contributed by atoms with Crippen molar-refractivity contribution in [3.05, 3.63) is 33.7 Å². The fourth-order valence-electron chi connectivity index (χ4n) is 1.91. The van der Waals surface area contributed by atoms with Crippen molar-refractivity contribution >= 4 is 32.5 Å². The van der Waals surface area contributed by atoms with Crippen LogP contribution < -0.4 is 5.32 Å². The molecule has 0 fully saturated rings. The Labute approximate surface area is 113 Å². The molecule has 0 radical (unpaired) electrons. The van der Waals surface area contributed by atoms with E-state index < -0.39 is 0 Å². The molecule has 0 saturated carbocycles. The van der Waals surface area contributed by atoms with Gasteiger partial charge >= 0.3 is 0 Å². The molecule has 5 heteroatoms. The van der Waals surface area contributed by atoms with Gasteiger partial charge in [0.2, 0.25) is 0 Å². The Kier molecular flexibility index (Phi) is 3.48. The van der Waals surface area contributed by atoms with Crippen LogP contribution in [0.4, 0.5) is 10.1 Å². The molecule has 2 aromatic rings. The minimum absolute atomic E-state index is 0.337. The Bertz CT molecular complexity index is 662. The monoisotopic (exact) mass is 307 g/mol. The van der Waals surface area contributed by atoms with Crippen LogP contribution in [0.5, 0.6) is 0 Å². The molecule has 0 aliphatic rings. The van der Waals surface area contributed by atoms with E-state index in [4.69, 9.17) is 5.26 Å². The number of hydrogen-bond acceptors (Lipinski definition) is 3. The third kappa shape index (κ3) is 1.93. The Morgan fingerprint density at radius 1 is 1.56 bits per heavy atom.